The van der Waals surface area contributed by atoms with E-state index < -0.39 is 0 Å². The summed E-state index contributed by atoms with van der Waals surface area (Å²) in [7, 11) is 0. The first-order valence-electron chi connectivity index (χ1n) is 6.30. The number of carbonyl (C=O) groups is 1. The third kappa shape index (κ3) is 3.93. The lowest BCUT2D eigenvalue weighted by molar-refractivity contribution is -0.120. The van der Waals surface area contributed by atoms with Gasteiger partial charge in [-0.05, 0) is 11.1 Å². The van der Waals surface area contributed by atoms with Crippen molar-refractivity contribution in [1.82, 2.24) is 15.3 Å². The molecule has 1 aromatic heterocycles. The van der Waals surface area contributed by atoms with E-state index in [0.717, 1.165) is 23.2 Å². The molecule has 0 aliphatic heterocycles. The molecule has 1 heterocycles. The first kappa shape index (κ1) is 13.3. The van der Waals surface area contributed by atoms with Crippen LogP contribution in [0, 0.1) is 0 Å². The Morgan fingerprint density at radius 2 is 2.11 bits per heavy atom. The van der Waals surface area contributed by atoms with Crippen molar-refractivity contribution in [2.45, 2.75) is 19.4 Å². The van der Waals surface area contributed by atoms with E-state index in [0.29, 0.717) is 19.5 Å². The molecule has 0 spiro atoms. The largest absolute Gasteiger partial charge is 0.355 e. The summed E-state index contributed by atoms with van der Waals surface area (Å²) in [6.45, 7) is 1.06. The van der Waals surface area contributed by atoms with Crippen LogP contribution in [0.2, 0.25) is 0 Å². The van der Waals surface area contributed by atoms with Crippen molar-refractivity contribution in [1.29, 1.82) is 0 Å². The molecule has 0 bridgehead atoms. The van der Waals surface area contributed by atoms with Crippen LogP contribution in [0.3, 0.4) is 0 Å². The van der Waals surface area contributed by atoms with Crippen LogP contribution in [-0.2, 0) is 24.2 Å². The number of rotatable bonds is 6. The standard InChI is InChI=1S/C14H18N4O/c15-8-12-4-2-1-3-11(12)7-14(19)17-6-5-13-9-16-10-18-13/h1-4,9-10H,5-8,15H2,(H,16,18)(H,17,19). The summed E-state index contributed by atoms with van der Waals surface area (Å²) in [6.07, 6.45) is 4.52. The molecule has 4 N–H and O–H groups in total. The summed E-state index contributed by atoms with van der Waals surface area (Å²) in [4.78, 5) is 18.8. The molecule has 5 nitrogen and oxygen atoms in total. The van der Waals surface area contributed by atoms with Crippen LogP contribution in [0.1, 0.15) is 16.8 Å². The Labute approximate surface area is 112 Å². The number of nitrogens with two attached hydrogens (primary N) is 1. The van der Waals surface area contributed by atoms with E-state index in [1.807, 2.05) is 24.3 Å². The zero-order valence-corrected chi connectivity index (χ0v) is 10.7. The van der Waals surface area contributed by atoms with Gasteiger partial charge in [0.15, 0.2) is 0 Å². The lowest BCUT2D eigenvalue weighted by Crippen LogP contribution is -2.27. The topological polar surface area (TPSA) is 83.8 Å². The van der Waals surface area contributed by atoms with Gasteiger partial charge in [0.1, 0.15) is 0 Å². The van der Waals surface area contributed by atoms with E-state index in [1.54, 1.807) is 12.5 Å². The Hall–Kier alpha value is -2.14. The lowest BCUT2D eigenvalue weighted by Gasteiger charge is -2.08. The summed E-state index contributed by atoms with van der Waals surface area (Å²) in [5, 5.41) is 2.89. The molecule has 0 saturated carbocycles. The zero-order chi connectivity index (χ0) is 13.5. The molecular formula is C14H18N4O. The van der Waals surface area contributed by atoms with Crippen LogP contribution in [0.5, 0.6) is 0 Å². The molecule has 5 heteroatoms. The van der Waals surface area contributed by atoms with Gasteiger partial charge in [0.05, 0.1) is 12.7 Å². The maximum atomic E-state index is 11.8. The Kier molecular flexibility index (Phi) is 4.69. The summed E-state index contributed by atoms with van der Waals surface area (Å²) in [6, 6.07) is 7.75. The molecule has 0 aliphatic carbocycles. The van der Waals surface area contributed by atoms with Gasteiger partial charge in [-0.25, -0.2) is 4.98 Å². The summed E-state index contributed by atoms with van der Waals surface area (Å²) >= 11 is 0. The molecule has 2 aromatic rings. The number of hydrogen-bond acceptors (Lipinski definition) is 3. The molecule has 2 rings (SSSR count). The predicted molar refractivity (Wildman–Crippen MR) is 73.3 cm³/mol. The molecule has 0 saturated heterocycles. The average Bonchev–Trinajstić information content (AvgIpc) is 2.92. The Morgan fingerprint density at radius 1 is 1.32 bits per heavy atom. The van der Waals surface area contributed by atoms with E-state index in [4.69, 9.17) is 5.73 Å². The van der Waals surface area contributed by atoms with Gasteiger partial charge in [-0.3, -0.25) is 4.79 Å². The molecule has 0 fully saturated rings. The molecule has 0 unspecified atom stereocenters. The number of imidazole rings is 1. The average molecular weight is 258 g/mol. The maximum absolute atomic E-state index is 11.8. The molecule has 1 aromatic carbocycles. The van der Waals surface area contributed by atoms with E-state index >= 15 is 0 Å². The van der Waals surface area contributed by atoms with Crippen molar-refractivity contribution in [2.24, 2.45) is 5.73 Å². The highest BCUT2D eigenvalue weighted by Crippen LogP contribution is 2.08. The van der Waals surface area contributed by atoms with E-state index in [-0.39, 0.29) is 5.91 Å². The molecule has 0 atom stereocenters. The van der Waals surface area contributed by atoms with Crippen LogP contribution in [0.15, 0.2) is 36.8 Å². The van der Waals surface area contributed by atoms with Crippen molar-refractivity contribution >= 4 is 5.91 Å². The van der Waals surface area contributed by atoms with Gasteiger partial charge < -0.3 is 16.0 Å². The van der Waals surface area contributed by atoms with Crippen LogP contribution in [0.4, 0.5) is 0 Å². The number of aromatic amines is 1. The third-order valence-corrected chi connectivity index (χ3v) is 2.96. The molecule has 100 valence electrons. The van der Waals surface area contributed by atoms with Crippen molar-refractivity contribution in [3.05, 3.63) is 53.6 Å². The van der Waals surface area contributed by atoms with Gasteiger partial charge in [0.25, 0.3) is 0 Å². The first-order valence-corrected chi connectivity index (χ1v) is 6.30. The highest BCUT2D eigenvalue weighted by molar-refractivity contribution is 5.78. The second kappa shape index (κ2) is 6.70. The van der Waals surface area contributed by atoms with Crippen LogP contribution in [-0.4, -0.2) is 22.4 Å². The second-order valence-electron chi connectivity index (χ2n) is 4.33. The predicted octanol–water partition coefficient (Wildman–Crippen LogP) is 0.770. The molecular weight excluding hydrogens is 240 g/mol. The van der Waals surface area contributed by atoms with Gasteiger partial charge in [-0.15, -0.1) is 0 Å². The fourth-order valence-electron chi connectivity index (χ4n) is 1.92. The van der Waals surface area contributed by atoms with Gasteiger partial charge in [-0.1, -0.05) is 24.3 Å². The Balaban J connectivity index is 1.80. The van der Waals surface area contributed by atoms with Crippen molar-refractivity contribution in [2.75, 3.05) is 6.54 Å². The van der Waals surface area contributed by atoms with Gasteiger partial charge in [0.2, 0.25) is 5.91 Å². The van der Waals surface area contributed by atoms with Crippen LogP contribution >= 0.6 is 0 Å². The number of nitrogens with zero attached hydrogens (tertiary/aromatic N) is 1. The van der Waals surface area contributed by atoms with Gasteiger partial charge >= 0.3 is 0 Å². The minimum Gasteiger partial charge on any atom is -0.355 e. The molecule has 0 aliphatic rings. The number of amides is 1. The third-order valence-electron chi connectivity index (χ3n) is 2.96. The number of H-pyrrole nitrogens is 1. The van der Waals surface area contributed by atoms with Crippen LogP contribution in [0.25, 0.3) is 0 Å². The lowest BCUT2D eigenvalue weighted by atomic mass is 10.0. The Bertz CT molecular complexity index is 522. The minimum absolute atomic E-state index is 0.0143. The minimum atomic E-state index is 0.0143. The summed E-state index contributed by atoms with van der Waals surface area (Å²) in [5.41, 5.74) is 8.67. The number of nitrogens with one attached hydrogen (secondary N) is 2. The highest BCUT2D eigenvalue weighted by Gasteiger charge is 2.06. The summed E-state index contributed by atoms with van der Waals surface area (Å²) in [5.74, 6) is 0.0143. The normalized spacial score (nSPS) is 10.4. The number of aromatic nitrogens is 2. The van der Waals surface area contributed by atoms with E-state index in [9.17, 15) is 4.79 Å². The number of benzene rings is 1. The van der Waals surface area contributed by atoms with E-state index in [1.165, 1.54) is 0 Å². The maximum Gasteiger partial charge on any atom is 0.224 e. The molecule has 19 heavy (non-hydrogen) atoms. The number of hydrogen-bond donors (Lipinski definition) is 3. The quantitative estimate of drug-likeness (QED) is 0.715. The fourth-order valence-corrected chi connectivity index (χ4v) is 1.92. The monoisotopic (exact) mass is 258 g/mol. The van der Waals surface area contributed by atoms with Gasteiger partial charge in [0, 0.05) is 31.4 Å². The smallest absolute Gasteiger partial charge is 0.224 e. The Morgan fingerprint density at radius 3 is 2.79 bits per heavy atom. The molecule has 0 radical (unpaired) electrons. The fraction of sp³-hybridized carbons (Fsp3) is 0.286. The zero-order valence-electron chi connectivity index (χ0n) is 10.7. The first-order chi connectivity index (χ1) is 9.29. The second-order valence-corrected chi connectivity index (χ2v) is 4.33. The van der Waals surface area contributed by atoms with Crippen molar-refractivity contribution < 1.29 is 4.79 Å². The van der Waals surface area contributed by atoms with E-state index in [2.05, 4.69) is 15.3 Å². The van der Waals surface area contributed by atoms with Crippen LogP contribution < -0.4 is 11.1 Å². The highest BCUT2D eigenvalue weighted by atomic mass is 16.1. The van der Waals surface area contributed by atoms with Crippen molar-refractivity contribution in [3.8, 4) is 0 Å². The van der Waals surface area contributed by atoms with Gasteiger partial charge in [-0.2, -0.15) is 0 Å². The van der Waals surface area contributed by atoms with Crippen molar-refractivity contribution in [3.63, 3.8) is 0 Å². The summed E-state index contributed by atoms with van der Waals surface area (Å²) < 4.78 is 0. The SMILES string of the molecule is NCc1ccccc1CC(=O)NCCc1cnc[nH]1. The molecule has 1 amide bonds. The number of carbonyl (C=O) groups excluding carboxylic acids is 1.